The second kappa shape index (κ2) is 2.21. The van der Waals surface area contributed by atoms with Crippen LogP contribution in [-0.4, -0.2) is 23.3 Å². The predicted molar refractivity (Wildman–Crippen MR) is 39.7 cm³/mol. The lowest BCUT2D eigenvalue weighted by Gasteiger charge is -2.13. The Morgan fingerprint density at radius 1 is 1.40 bits per heavy atom. The molecule has 0 radical (unpaired) electrons. The van der Waals surface area contributed by atoms with Crippen LogP contribution < -0.4 is 5.32 Å². The Morgan fingerprint density at radius 2 is 2.20 bits per heavy atom. The molecule has 0 bridgehead atoms. The van der Waals surface area contributed by atoms with Gasteiger partial charge in [-0.3, -0.25) is 0 Å². The zero-order chi connectivity index (χ0) is 7.14. The number of aliphatic hydroxyl groups excluding tert-OH is 1. The number of hydrogen-bond acceptors (Lipinski definition) is 2. The fourth-order valence-electron chi connectivity index (χ4n) is 2.42. The van der Waals surface area contributed by atoms with Crippen molar-refractivity contribution in [2.75, 3.05) is 0 Å². The highest BCUT2D eigenvalue weighted by Gasteiger charge is 2.40. The van der Waals surface area contributed by atoms with E-state index in [4.69, 9.17) is 0 Å². The molecule has 2 heteroatoms. The predicted octanol–water partition coefficient (Wildman–Crippen LogP) is 0.508. The molecule has 0 aromatic heterocycles. The van der Waals surface area contributed by atoms with Crippen LogP contribution in [0.2, 0.25) is 0 Å². The van der Waals surface area contributed by atoms with Crippen LogP contribution >= 0.6 is 0 Å². The largest absolute Gasteiger partial charge is 0.391 e. The summed E-state index contributed by atoms with van der Waals surface area (Å²) in [5.41, 5.74) is 0. The normalized spacial score (nSPS) is 53.4. The van der Waals surface area contributed by atoms with Gasteiger partial charge in [-0.05, 0) is 32.1 Å². The average molecular weight is 141 g/mol. The third-order valence-electron chi connectivity index (χ3n) is 2.89. The van der Waals surface area contributed by atoms with Crippen LogP contribution in [0.25, 0.3) is 0 Å². The van der Waals surface area contributed by atoms with E-state index in [1.807, 2.05) is 0 Å². The van der Waals surface area contributed by atoms with Gasteiger partial charge in [-0.15, -0.1) is 0 Å². The molecule has 4 atom stereocenters. The van der Waals surface area contributed by atoms with Crippen molar-refractivity contribution in [3.8, 4) is 0 Å². The lowest BCUT2D eigenvalue weighted by molar-refractivity contribution is 0.149. The van der Waals surface area contributed by atoms with Gasteiger partial charge >= 0.3 is 0 Å². The number of aliphatic hydroxyl groups is 1. The molecule has 1 aliphatic heterocycles. The lowest BCUT2D eigenvalue weighted by Crippen LogP contribution is -2.36. The van der Waals surface area contributed by atoms with Crippen molar-refractivity contribution in [1.82, 2.24) is 5.32 Å². The zero-order valence-corrected chi connectivity index (χ0v) is 6.38. The van der Waals surface area contributed by atoms with Gasteiger partial charge in [0.05, 0.1) is 6.10 Å². The second-order valence-electron chi connectivity index (χ2n) is 3.73. The summed E-state index contributed by atoms with van der Waals surface area (Å²) in [5.74, 6) is 0.769. The van der Waals surface area contributed by atoms with Crippen molar-refractivity contribution in [2.24, 2.45) is 5.92 Å². The Bertz CT molecular complexity index is 137. The Kier molecular flexibility index (Phi) is 1.46. The SMILES string of the molecule is C[C@H]1C[C@H]2CC[C@@H](O)[C@H]2N1. The first-order valence-corrected chi connectivity index (χ1v) is 4.21. The second-order valence-corrected chi connectivity index (χ2v) is 3.73. The maximum Gasteiger partial charge on any atom is 0.0696 e. The first-order valence-electron chi connectivity index (χ1n) is 4.21. The van der Waals surface area contributed by atoms with Crippen LogP contribution in [0, 0.1) is 5.92 Å². The summed E-state index contributed by atoms with van der Waals surface area (Å²) in [5, 5.41) is 12.9. The molecular weight excluding hydrogens is 126 g/mol. The molecular formula is C8H15NO. The van der Waals surface area contributed by atoms with Crippen molar-refractivity contribution in [1.29, 1.82) is 0 Å². The summed E-state index contributed by atoms with van der Waals surface area (Å²) in [4.78, 5) is 0. The molecule has 0 aromatic rings. The molecule has 2 nitrogen and oxygen atoms in total. The van der Waals surface area contributed by atoms with E-state index in [1.165, 1.54) is 12.8 Å². The Morgan fingerprint density at radius 3 is 2.90 bits per heavy atom. The van der Waals surface area contributed by atoms with E-state index in [-0.39, 0.29) is 6.10 Å². The lowest BCUT2D eigenvalue weighted by atomic mass is 10.0. The Labute approximate surface area is 61.6 Å². The summed E-state index contributed by atoms with van der Waals surface area (Å²) in [7, 11) is 0. The van der Waals surface area contributed by atoms with Crippen LogP contribution in [0.1, 0.15) is 26.2 Å². The third-order valence-corrected chi connectivity index (χ3v) is 2.89. The summed E-state index contributed by atoms with van der Waals surface area (Å²) in [6, 6.07) is 1.06. The number of nitrogens with one attached hydrogen (secondary N) is 1. The minimum Gasteiger partial charge on any atom is -0.391 e. The highest BCUT2D eigenvalue weighted by molar-refractivity contribution is 4.97. The molecule has 1 saturated carbocycles. The highest BCUT2D eigenvalue weighted by atomic mass is 16.3. The van der Waals surface area contributed by atoms with E-state index >= 15 is 0 Å². The quantitative estimate of drug-likeness (QED) is 0.515. The molecule has 2 aliphatic rings. The summed E-state index contributed by atoms with van der Waals surface area (Å²) >= 11 is 0. The van der Waals surface area contributed by atoms with Crippen molar-refractivity contribution in [2.45, 2.75) is 44.4 Å². The van der Waals surface area contributed by atoms with Gasteiger partial charge in [0.25, 0.3) is 0 Å². The fourth-order valence-corrected chi connectivity index (χ4v) is 2.42. The Hall–Kier alpha value is -0.0800. The van der Waals surface area contributed by atoms with Gasteiger partial charge < -0.3 is 10.4 Å². The molecule has 10 heavy (non-hydrogen) atoms. The molecule has 1 aliphatic carbocycles. The standard InChI is InChI=1S/C8H15NO/c1-5-4-6-2-3-7(10)8(6)9-5/h5-10H,2-4H2,1H3/t5-,6+,7+,8-/m0/s1. The molecule has 2 N–H and O–H groups in total. The molecule has 58 valence electrons. The molecule has 2 fully saturated rings. The maximum atomic E-state index is 9.45. The van der Waals surface area contributed by atoms with Gasteiger partial charge in [-0.1, -0.05) is 0 Å². The van der Waals surface area contributed by atoms with E-state index in [9.17, 15) is 5.11 Å². The van der Waals surface area contributed by atoms with Crippen molar-refractivity contribution in [3.05, 3.63) is 0 Å². The highest BCUT2D eigenvalue weighted by Crippen LogP contribution is 2.34. The zero-order valence-electron chi connectivity index (χ0n) is 6.38. The van der Waals surface area contributed by atoms with Gasteiger partial charge in [0.15, 0.2) is 0 Å². The smallest absolute Gasteiger partial charge is 0.0696 e. The summed E-state index contributed by atoms with van der Waals surface area (Å²) < 4.78 is 0. The van der Waals surface area contributed by atoms with Crippen LogP contribution in [0.3, 0.4) is 0 Å². The minimum absolute atomic E-state index is 0.0602. The molecule has 2 rings (SSSR count). The first kappa shape index (κ1) is 6.62. The van der Waals surface area contributed by atoms with E-state index in [2.05, 4.69) is 12.2 Å². The van der Waals surface area contributed by atoms with Crippen LogP contribution in [0.15, 0.2) is 0 Å². The fraction of sp³-hybridized carbons (Fsp3) is 1.00. The monoisotopic (exact) mass is 141 g/mol. The number of rotatable bonds is 0. The van der Waals surface area contributed by atoms with Gasteiger partial charge in [0.2, 0.25) is 0 Å². The van der Waals surface area contributed by atoms with Crippen molar-refractivity contribution in [3.63, 3.8) is 0 Å². The van der Waals surface area contributed by atoms with E-state index in [0.717, 1.165) is 12.3 Å². The van der Waals surface area contributed by atoms with Gasteiger partial charge in [0.1, 0.15) is 0 Å². The minimum atomic E-state index is -0.0602. The topological polar surface area (TPSA) is 32.3 Å². The molecule has 0 aromatic carbocycles. The Balaban J connectivity index is 2.05. The first-order chi connectivity index (χ1) is 4.77. The summed E-state index contributed by atoms with van der Waals surface area (Å²) in [6.07, 6.45) is 3.44. The maximum absolute atomic E-state index is 9.45. The average Bonchev–Trinajstić information content (AvgIpc) is 2.35. The number of hydrogen-bond donors (Lipinski definition) is 2. The third kappa shape index (κ3) is 0.867. The summed E-state index contributed by atoms with van der Waals surface area (Å²) in [6.45, 7) is 2.20. The van der Waals surface area contributed by atoms with E-state index < -0.39 is 0 Å². The molecule has 0 amide bonds. The molecule has 1 heterocycles. The van der Waals surface area contributed by atoms with Gasteiger partial charge in [-0.2, -0.15) is 0 Å². The van der Waals surface area contributed by atoms with Gasteiger partial charge in [0, 0.05) is 12.1 Å². The molecule has 1 saturated heterocycles. The van der Waals surface area contributed by atoms with Crippen LogP contribution in [-0.2, 0) is 0 Å². The van der Waals surface area contributed by atoms with Gasteiger partial charge in [-0.25, -0.2) is 0 Å². The van der Waals surface area contributed by atoms with Crippen LogP contribution in [0.5, 0.6) is 0 Å². The van der Waals surface area contributed by atoms with E-state index in [0.29, 0.717) is 12.1 Å². The van der Waals surface area contributed by atoms with E-state index in [1.54, 1.807) is 0 Å². The number of fused-ring (bicyclic) bond motifs is 1. The molecule has 0 spiro atoms. The molecule has 0 unspecified atom stereocenters. The van der Waals surface area contributed by atoms with Crippen molar-refractivity contribution >= 4 is 0 Å². The van der Waals surface area contributed by atoms with Crippen molar-refractivity contribution < 1.29 is 5.11 Å². The van der Waals surface area contributed by atoms with Crippen LogP contribution in [0.4, 0.5) is 0 Å².